The van der Waals surface area contributed by atoms with Crippen LogP contribution in [-0.4, -0.2) is 34.6 Å². The van der Waals surface area contributed by atoms with Crippen LogP contribution in [0.25, 0.3) is 0 Å². The summed E-state index contributed by atoms with van der Waals surface area (Å²) in [5, 5.41) is 2.22. The van der Waals surface area contributed by atoms with E-state index in [1.54, 1.807) is 28.4 Å². The lowest BCUT2D eigenvalue weighted by molar-refractivity contribution is 0.399. The molecule has 0 unspecified atom stereocenters. The topological polar surface area (TPSA) is 36.9 Å². The lowest BCUT2D eigenvalue weighted by atomic mass is 10.2. The first-order valence-corrected chi connectivity index (χ1v) is 11.4. The van der Waals surface area contributed by atoms with Crippen LogP contribution in [0.5, 0.6) is 23.0 Å². The third-order valence-electron chi connectivity index (χ3n) is 4.83. The maximum atomic E-state index is 5.74. The Kier molecular flexibility index (Phi) is 9.43. The Balaban J connectivity index is 2.54. The summed E-state index contributed by atoms with van der Waals surface area (Å²) >= 11 is 0. The minimum atomic E-state index is -0.778. The van der Waals surface area contributed by atoms with Crippen molar-refractivity contribution in [3.63, 3.8) is 0 Å². The highest BCUT2D eigenvalue weighted by Crippen LogP contribution is 2.46. The number of rotatable bonds is 12. The molecule has 2 aromatic rings. The molecule has 5 heteroatoms. The summed E-state index contributed by atoms with van der Waals surface area (Å²) in [6.07, 6.45) is 7.21. The largest absolute Gasteiger partial charge is 0.496 e. The Morgan fingerprint density at radius 1 is 0.607 bits per heavy atom. The first kappa shape index (κ1) is 22.4. The zero-order chi connectivity index (χ0) is 20.4. The molecule has 4 nitrogen and oxygen atoms in total. The van der Waals surface area contributed by atoms with E-state index < -0.39 is 7.92 Å². The van der Waals surface area contributed by atoms with Gasteiger partial charge in [-0.25, -0.2) is 0 Å². The molecule has 0 spiro atoms. The molecule has 0 aliphatic rings. The van der Waals surface area contributed by atoms with Gasteiger partial charge in [-0.05, 0) is 44.8 Å². The van der Waals surface area contributed by atoms with Gasteiger partial charge in [0.05, 0.1) is 39.0 Å². The third-order valence-corrected chi connectivity index (χ3v) is 7.55. The molecule has 2 aromatic carbocycles. The maximum absolute atomic E-state index is 5.74. The predicted molar refractivity (Wildman–Crippen MR) is 119 cm³/mol. The lowest BCUT2D eigenvalue weighted by Crippen LogP contribution is -2.21. The molecule has 0 atom stereocenters. The number of methoxy groups -OCH3 is 4. The van der Waals surface area contributed by atoms with Crippen LogP contribution in [0.2, 0.25) is 0 Å². The summed E-state index contributed by atoms with van der Waals surface area (Å²) < 4.78 is 22.9. The van der Waals surface area contributed by atoms with Crippen LogP contribution in [-0.2, 0) is 0 Å². The van der Waals surface area contributed by atoms with Crippen LogP contribution in [0.4, 0.5) is 0 Å². The van der Waals surface area contributed by atoms with Gasteiger partial charge in [0.25, 0.3) is 0 Å². The second-order valence-electron chi connectivity index (χ2n) is 6.59. The van der Waals surface area contributed by atoms with Crippen molar-refractivity contribution in [2.24, 2.45) is 0 Å². The predicted octanol–water partition coefficient (Wildman–Crippen LogP) is 5.12. The molecule has 0 radical (unpaired) electrons. The van der Waals surface area contributed by atoms with E-state index in [-0.39, 0.29) is 0 Å². The second kappa shape index (κ2) is 11.8. The number of benzene rings is 2. The number of hydrogen-bond donors (Lipinski definition) is 0. The molecule has 0 bridgehead atoms. The quantitative estimate of drug-likeness (QED) is 0.363. The van der Waals surface area contributed by atoms with E-state index in [9.17, 15) is 0 Å². The summed E-state index contributed by atoms with van der Waals surface area (Å²) in [6, 6.07) is 12.0. The van der Waals surface area contributed by atoms with Gasteiger partial charge in [0.15, 0.2) is 0 Å². The zero-order valence-electron chi connectivity index (χ0n) is 17.8. The summed E-state index contributed by atoms with van der Waals surface area (Å²) in [4.78, 5) is 0. The average molecular weight is 404 g/mol. The molecule has 0 saturated heterocycles. The van der Waals surface area contributed by atoms with Crippen molar-refractivity contribution in [1.29, 1.82) is 0 Å². The Hall–Kier alpha value is -1.93. The summed E-state index contributed by atoms with van der Waals surface area (Å²) in [7, 11) is 6.08. The average Bonchev–Trinajstić information content (AvgIpc) is 2.75. The normalized spacial score (nSPS) is 10.8. The van der Waals surface area contributed by atoms with Crippen molar-refractivity contribution in [3.05, 3.63) is 36.4 Å². The van der Waals surface area contributed by atoms with E-state index in [4.69, 9.17) is 18.9 Å². The van der Waals surface area contributed by atoms with E-state index in [1.807, 2.05) is 36.4 Å². The van der Waals surface area contributed by atoms with Gasteiger partial charge in [-0.15, -0.1) is 0 Å². The van der Waals surface area contributed by atoms with E-state index >= 15 is 0 Å². The highest BCUT2D eigenvalue weighted by molar-refractivity contribution is 7.73. The van der Waals surface area contributed by atoms with Crippen LogP contribution < -0.4 is 29.6 Å². The van der Waals surface area contributed by atoms with Crippen molar-refractivity contribution in [2.75, 3.05) is 34.6 Å². The number of unbranched alkanes of at least 4 members (excludes halogenated alkanes) is 4. The van der Waals surface area contributed by atoms with Crippen molar-refractivity contribution in [1.82, 2.24) is 0 Å². The number of hydrogen-bond acceptors (Lipinski definition) is 4. The fourth-order valence-electron chi connectivity index (χ4n) is 3.40. The minimum absolute atomic E-state index is 0.778. The Morgan fingerprint density at radius 3 is 1.36 bits per heavy atom. The van der Waals surface area contributed by atoms with E-state index in [0.29, 0.717) is 0 Å². The highest BCUT2D eigenvalue weighted by atomic mass is 31.1. The van der Waals surface area contributed by atoms with Crippen LogP contribution in [0.15, 0.2) is 36.4 Å². The van der Waals surface area contributed by atoms with Gasteiger partial charge in [0, 0.05) is 0 Å². The zero-order valence-corrected chi connectivity index (χ0v) is 18.7. The first-order chi connectivity index (χ1) is 13.7. The fourth-order valence-corrected chi connectivity index (χ4v) is 6.34. The molecule has 0 saturated carbocycles. The molecule has 28 heavy (non-hydrogen) atoms. The second-order valence-corrected chi connectivity index (χ2v) is 8.79. The van der Waals surface area contributed by atoms with Gasteiger partial charge in [-0.1, -0.05) is 44.7 Å². The van der Waals surface area contributed by atoms with Crippen molar-refractivity contribution in [2.45, 2.75) is 39.0 Å². The smallest absolute Gasteiger partial charge is 0.130 e. The standard InChI is InChI=1S/C23H33O4P/c1-6-7-8-9-10-17-28(22-18(24-2)13-11-14-19(22)25-3)23-20(26-4)15-12-16-21(23)27-5/h11-16H,6-10,17H2,1-5H3. The Labute approximate surface area is 170 Å². The fraction of sp³-hybridized carbons (Fsp3) is 0.478. The summed E-state index contributed by atoms with van der Waals surface area (Å²) in [5.41, 5.74) is 0. The molecule has 0 N–H and O–H groups in total. The van der Waals surface area contributed by atoms with Gasteiger partial charge in [-0.3, -0.25) is 0 Å². The molecule has 0 amide bonds. The molecule has 2 rings (SSSR count). The van der Waals surface area contributed by atoms with E-state index in [0.717, 1.165) is 46.2 Å². The van der Waals surface area contributed by atoms with E-state index in [1.165, 1.54) is 25.7 Å². The van der Waals surface area contributed by atoms with Crippen LogP contribution in [0.3, 0.4) is 0 Å². The first-order valence-electron chi connectivity index (χ1n) is 9.91. The molecule has 0 aliphatic heterocycles. The molecule has 0 heterocycles. The van der Waals surface area contributed by atoms with Gasteiger partial charge >= 0.3 is 0 Å². The van der Waals surface area contributed by atoms with Crippen molar-refractivity contribution < 1.29 is 18.9 Å². The van der Waals surface area contributed by atoms with Gasteiger partial charge in [0.2, 0.25) is 0 Å². The third kappa shape index (κ3) is 5.32. The van der Waals surface area contributed by atoms with Crippen LogP contribution >= 0.6 is 7.92 Å². The Bertz CT molecular complexity index is 633. The number of ether oxygens (including phenoxy) is 4. The van der Waals surface area contributed by atoms with Gasteiger partial charge in [-0.2, -0.15) is 0 Å². The Morgan fingerprint density at radius 2 is 1.00 bits per heavy atom. The van der Waals surface area contributed by atoms with Gasteiger partial charge in [0.1, 0.15) is 23.0 Å². The molecule has 0 aromatic heterocycles. The van der Waals surface area contributed by atoms with Crippen LogP contribution in [0.1, 0.15) is 39.0 Å². The lowest BCUT2D eigenvalue weighted by Gasteiger charge is -2.26. The molecular formula is C23H33O4P. The molecule has 0 fully saturated rings. The summed E-state index contributed by atoms with van der Waals surface area (Å²) in [6.45, 7) is 2.24. The van der Waals surface area contributed by atoms with Gasteiger partial charge < -0.3 is 18.9 Å². The monoisotopic (exact) mass is 404 g/mol. The molecule has 0 aliphatic carbocycles. The van der Waals surface area contributed by atoms with Crippen molar-refractivity contribution in [3.8, 4) is 23.0 Å². The summed E-state index contributed by atoms with van der Waals surface area (Å²) in [5.74, 6) is 3.41. The SMILES string of the molecule is CCCCCCCP(c1c(OC)cccc1OC)c1c(OC)cccc1OC. The minimum Gasteiger partial charge on any atom is -0.496 e. The van der Waals surface area contributed by atoms with E-state index in [2.05, 4.69) is 6.92 Å². The van der Waals surface area contributed by atoms with Crippen molar-refractivity contribution >= 4 is 18.5 Å². The highest BCUT2D eigenvalue weighted by Gasteiger charge is 2.27. The molecular weight excluding hydrogens is 371 g/mol. The molecule has 154 valence electrons. The maximum Gasteiger partial charge on any atom is 0.130 e. The van der Waals surface area contributed by atoms with Crippen LogP contribution in [0, 0.1) is 0 Å².